The van der Waals surface area contributed by atoms with Gasteiger partial charge in [0.05, 0.1) is 13.0 Å². The van der Waals surface area contributed by atoms with Crippen molar-refractivity contribution in [1.29, 1.82) is 0 Å². The molecule has 9 unspecified atom stereocenters. The molecule has 4 aliphatic carbocycles. The zero-order valence-electron chi connectivity index (χ0n) is 19.1. The Morgan fingerprint density at radius 3 is 2.46 bits per heavy atom. The van der Waals surface area contributed by atoms with E-state index in [-0.39, 0.29) is 11.9 Å². The fraction of sp³-hybridized carbons (Fsp3) is 0.962. The molecule has 0 heterocycles. The van der Waals surface area contributed by atoms with E-state index in [1.165, 1.54) is 71.3 Å². The summed E-state index contributed by atoms with van der Waals surface area (Å²) in [5.74, 6) is 5.70. The molecule has 0 amide bonds. The molecule has 4 saturated carbocycles. The Labute approximate surface area is 173 Å². The first-order valence-corrected chi connectivity index (χ1v) is 12.4. The second-order valence-electron chi connectivity index (χ2n) is 11.9. The van der Waals surface area contributed by atoms with Gasteiger partial charge in [0.1, 0.15) is 0 Å². The van der Waals surface area contributed by atoms with E-state index in [4.69, 9.17) is 4.74 Å². The van der Waals surface area contributed by atoms with Crippen LogP contribution < -0.4 is 0 Å². The maximum atomic E-state index is 11.8. The number of hydrogen-bond donors (Lipinski definition) is 0. The molecular formula is C26H44O2. The van der Waals surface area contributed by atoms with Gasteiger partial charge in [-0.1, -0.05) is 34.1 Å². The van der Waals surface area contributed by atoms with E-state index in [9.17, 15) is 4.79 Å². The number of ether oxygens (including phenoxy) is 1. The number of rotatable bonds is 4. The highest BCUT2D eigenvalue weighted by molar-refractivity contribution is 5.71. The molecule has 28 heavy (non-hydrogen) atoms. The molecule has 0 aromatic carbocycles. The van der Waals surface area contributed by atoms with E-state index in [0.29, 0.717) is 10.8 Å². The lowest BCUT2D eigenvalue weighted by Crippen LogP contribution is -2.53. The van der Waals surface area contributed by atoms with Crippen LogP contribution in [0.2, 0.25) is 0 Å². The Bertz CT molecular complexity index is 585. The molecule has 9 atom stereocenters. The second-order valence-corrected chi connectivity index (χ2v) is 11.9. The van der Waals surface area contributed by atoms with Crippen LogP contribution in [0.1, 0.15) is 98.3 Å². The van der Waals surface area contributed by atoms with Crippen LogP contribution in [0.15, 0.2) is 0 Å². The third-order valence-corrected chi connectivity index (χ3v) is 10.6. The summed E-state index contributed by atoms with van der Waals surface area (Å²) in [6.07, 6.45) is 15.4. The predicted molar refractivity (Wildman–Crippen MR) is 115 cm³/mol. The minimum Gasteiger partial charge on any atom is -0.469 e. The molecule has 4 fully saturated rings. The zero-order valence-corrected chi connectivity index (χ0v) is 19.1. The van der Waals surface area contributed by atoms with E-state index in [0.717, 1.165) is 41.9 Å². The van der Waals surface area contributed by atoms with Crippen LogP contribution in [0.4, 0.5) is 0 Å². The van der Waals surface area contributed by atoms with Gasteiger partial charge < -0.3 is 4.74 Å². The van der Waals surface area contributed by atoms with Gasteiger partial charge in [-0.3, -0.25) is 4.79 Å². The number of fused-ring (bicyclic) bond motifs is 5. The third kappa shape index (κ3) is 3.25. The van der Waals surface area contributed by atoms with Gasteiger partial charge in [0.2, 0.25) is 0 Å². The van der Waals surface area contributed by atoms with E-state index in [1.807, 2.05) is 6.92 Å². The summed E-state index contributed by atoms with van der Waals surface area (Å²) >= 11 is 0. The fourth-order valence-corrected chi connectivity index (χ4v) is 9.02. The lowest BCUT2D eigenvalue weighted by molar-refractivity contribution is -0.145. The topological polar surface area (TPSA) is 26.3 Å². The first-order valence-electron chi connectivity index (χ1n) is 12.4. The van der Waals surface area contributed by atoms with Gasteiger partial charge >= 0.3 is 5.97 Å². The summed E-state index contributed by atoms with van der Waals surface area (Å²) in [5, 5.41) is 0. The van der Waals surface area contributed by atoms with Crippen LogP contribution >= 0.6 is 0 Å². The molecule has 0 saturated heterocycles. The number of carbonyl (C=O) groups excluding carboxylic acids is 1. The molecule has 0 N–H and O–H groups in total. The van der Waals surface area contributed by atoms with Gasteiger partial charge in [-0.25, -0.2) is 0 Å². The summed E-state index contributed by atoms with van der Waals surface area (Å²) in [7, 11) is 1.52. The Morgan fingerprint density at radius 2 is 1.71 bits per heavy atom. The second kappa shape index (κ2) is 7.62. The number of hydrogen-bond acceptors (Lipinski definition) is 2. The monoisotopic (exact) mass is 388 g/mol. The van der Waals surface area contributed by atoms with Gasteiger partial charge in [0, 0.05) is 0 Å². The molecule has 160 valence electrons. The molecule has 0 aromatic rings. The standard InChI is InChI=1S/C26H44O2/c1-17-6-8-20-10-12-21-22-13-11-19(9-7-18(2)24(27)28-5)25(22,3)15-14-23(21)26(20,4)16-17/h17-23H,6-16H2,1-5H3. The van der Waals surface area contributed by atoms with Crippen molar-refractivity contribution in [3.05, 3.63) is 0 Å². The van der Waals surface area contributed by atoms with Crippen molar-refractivity contribution in [3.63, 3.8) is 0 Å². The molecule has 2 nitrogen and oxygen atoms in total. The first kappa shape index (κ1) is 20.7. The van der Waals surface area contributed by atoms with Crippen LogP contribution in [0.25, 0.3) is 0 Å². The first-order chi connectivity index (χ1) is 13.3. The summed E-state index contributed by atoms with van der Waals surface area (Å²) in [6, 6.07) is 0. The van der Waals surface area contributed by atoms with Crippen molar-refractivity contribution < 1.29 is 9.53 Å². The zero-order chi connectivity index (χ0) is 20.1. The molecule has 4 aliphatic rings. The van der Waals surface area contributed by atoms with Crippen molar-refractivity contribution in [2.24, 2.45) is 52.3 Å². The van der Waals surface area contributed by atoms with Crippen molar-refractivity contribution in [2.45, 2.75) is 98.3 Å². The van der Waals surface area contributed by atoms with Crippen molar-refractivity contribution in [2.75, 3.05) is 7.11 Å². The third-order valence-electron chi connectivity index (χ3n) is 10.6. The SMILES string of the molecule is COC(=O)C(C)CCC1CCC2C3CCC4CCC(C)CC4(C)C3CCC12C. The van der Waals surface area contributed by atoms with Gasteiger partial charge in [0.25, 0.3) is 0 Å². The normalized spacial score (nSPS) is 48.9. The summed E-state index contributed by atoms with van der Waals surface area (Å²) in [6.45, 7) is 9.87. The van der Waals surface area contributed by atoms with Crippen molar-refractivity contribution in [3.8, 4) is 0 Å². The highest BCUT2D eigenvalue weighted by Crippen LogP contribution is 2.68. The lowest BCUT2D eigenvalue weighted by Gasteiger charge is -2.61. The molecule has 0 radical (unpaired) electrons. The van der Waals surface area contributed by atoms with E-state index >= 15 is 0 Å². The Kier molecular flexibility index (Phi) is 5.64. The van der Waals surface area contributed by atoms with E-state index < -0.39 is 0 Å². The van der Waals surface area contributed by atoms with Crippen molar-refractivity contribution >= 4 is 5.97 Å². The van der Waals surface area contributed by atoms with E-state index in [1.54, 1.807) is 0 Å². The molecule has 2 heteroatoms. The Balaban J connectivity index is 1.47. The minimum atomic E-state index is -0.0268. The Hall–Kier alpha value is -0.530. The van der Waals surface area contributed by atoms with Gasteiger partial charge in [-0.2, -0.15) is 0 Å². The maximum Gasteiger partial charge on any atom is 0.308 e. The largest absolute Gasteiger partial charge is 0.469 e. The molecule has 0 aromatic heterocycles. The average Bonchev–Trinajstić information content (AvgIpc) is 3.01. The molecule has 0 spiro atoms. The quantitative estimate of drug-likeness (QED) is 0.491. The van der Waals surface area contributed by atoms with E-state index in [2.05, 4.69) is 20.8 Å². The van der Waals surface area contributed by atoms with Crippen LogP contribution in [-0.2, 0) is 9.53 Å². The van der Waals surface area contributed by atoms with Crippen LogP contribution in [0.5, 0.6) is 0 Å². The van der Waals surface area contributed by atoms with Crippen LogP contribution in [-0.4, -0.2) is 13.1 Å². The summed E-state index contributed by atoms with van der Waals surface area (Å²) in [5.41, 5.74) is 1.15. The van der Waals surface area contributed by atoms with Crippen LogP contribution in [0.3, 0.4) is 0 Å². The summed E-state index contributed by atoms with van der Waals surface area (Å²) < 4.78 is 4.96. The number of esters is 1. The predicted octanol–water partition coefficient (Wildman–Crippen LogP) is 6.87. The minimum absolute atomic E-state index is 0.0268. The maximum absolute atomic E-state index is 11.8. The summed E-state index contributed by atoms with van der Waals surface area (Å²) in [4.78, 5) is 11.8. The van der Waals surface area contributed by atoms with Crippen molar-refractivity contribution in [1.82, 2.24) is 0 Å². The average molecular weight is 389 g/mol. The number of methoxy groups -OCH3 is 1. The molecule has 4 rings (SSSR count). The molecular weight excluding hydrogens is 344 g/mol. The Morgan fingerprint density at radius 1 is 1.00 bits per heavy atom. The fourth-order valence-electron chi connectivity index (χ4n) is 9.02. The lowest BCUT2D eigenvalue weighted by atomic mass is 9.44. The van der Waals surface area contributed by atoms with Gasteiger partial charge in [-0.05, 0) is 111 Å². The van der Waals surface area contributed by atoms with Gasteiger partial charge in [-0.15, -0.1) is 0 Å². The van der Waals surface area contributed by atoms with Crippen LogP contribution in [0, 0.1) is 52.3 Å². The van der Waals surface area contributed by atoms with Gasteiger partial charge in [0.15, 0.2) is 0 Å². The highest BCUT2D eigenvalue weighted by atomic mass is 16.5. The molecule has 0 aliphatic heterocycles. The smallest absolute Gasteiger partial charge is 0.308 e. The number of carbonyl (C=O) groups is 1. The molecule has 0 bridgehead atoms. The highest BCUT2D eigenvalue weighted by Gasteiger charge is 2.59.